The van der Waals surface area contributed by atoms with Gasteiger partial charge < -0.3 is 14.8 Å². The van der Waals surface area contributed by atoms with Crippen LogP contribution in [0.3, 0.4) is 0 Å². The molecule has 0 spiro atoms. The first-order valence-electron chi connectivity index (χ1n) is 6.60. The minimum absolute atomic E-state index is 0.196. The molecular weight excluding hydrogens is 292 g/mol. The van der Waals surface area contributed by atoms with Gasteiger partial charge in [0, 0.05) is 6.07 Å². The molecule has 4 nitrogen and oxygen atoms in total. The molecule has 0 fully saturated rings. The number of rotatable bonds is 6. The van der Waals surface area contributed by atoms with Crippen LogP contribution in [0.25, 0.3) is 0 Å². The second-order valence-electron chi connectivity index (χ2n) is 4.40. The van der Waals surface area contributed by atoms with E-state index in [0.717, 1.165) is 12.1 Å². The fraction of sp³-hybridized carbons (Fsp3) is 0.188. The van der Waals surface area contributed by atoms with Gasteiger partial charge in [-0.2, -0.15) is 0 Å². The van der Waals surface area contributed by atoms with Gasteiger partial charge >= 0.3 is 0 Å². The van der Waals surface area contributed by atoms with E-state index in [1.54, 1.807) is 31.4 Å². The lowest BCUT2D eigenvalue weighted by Crippen LogP contribution is -2.28. The average molecular weight is 307 g/mol. The zero-order valence-corrected chi connectivity index (χ0v) is 11.9. The van der Waals surface area contributed by atoms with Crippen molar-refractivity contribution in [2.24, 2.45) is 0 Å². The Morgan fingerprint density at radius 2 is 1.77 bits per heavy atom. The summed E-state index contributed by atoms with van der Waals surface area (Å²) in [5, 5.41) is 2.50. The molecule has 2 rings (SSSR count). The van der Waals surface area contributed by atoms with Gasteiger partial charge in [-0.25, -0.2) is 8.78 Å². The summed E-state index contributed by atoms with van der Waals surface area (Å²) in [7, 11) is 1.57. The Bertz CT molecular complexity index is 644. The highest BCUT2D eigenvalue weighted by atomic mass is 19.1. The predicted molar refractivity (Wildman–Crippen MR) is 77.2 cm³/mol. The standard InChI is InChI=1S/C16H15F2NO3/c1-21-12-3-5-13(6-4-12)22-9-8-19-16(20)14-7-2-11(17)10-15(14)18/h2-7,10H,8-9H2,1H3,(H,19,20). The molecule has 0 bridgehead atoms. The summed E-state index contributed by atoms with van der Waals surface area (Å²) in [5.41, 5.74) is -0.203. The van der Waals surface area contributed by atoms with Crippen LogP contribution in [0.1, 0.15) is 10.4 Å². The minimum atomic E-state index is -0.895. The van der Waals surface area contributed by atoms with Crippen LogP contribution < -0.4 is 14.8 Å². The number of carbonyl (C=O) groups excluding carboxylic acids is 1. The third-order valence-corrected chi connectivity index (χ3v) is 2.89. The van der Waals surface area contributed by atoms with Crippen molar-refractivity contribution >= 4 is 5.91 Å². The van der Waals surface area contributed by atoms with Crippen LogP contribution in [-0.4, -0.2) is 26.2 Å². The predicted octanol–water partition coefficient (Wildman–Crippen LogP) is 2.78. The highest BCUT2D eigenvalue weighted by Crippen LogP contribution is 2.16. The van der Waals surface area contributed by atoms with Gasteiger partial charge in [-0.15, -0.1) is 0 Å². The molecule has 2 aromatic carbocycles. The highest BCUT2D eigenvalue weighted by Gasteiger charge is 2.11. The van der Waals surface area contributed by atoms with Crippen molar-refractivity contribution in [3.05, 3.63) is 59.7 Å². The van der Waals surface area contributed by atoms with E-state index < -0.39 is 17.5 Å². The fourth-order valence-corrected chi connectivity index (χ4v) is 1.77. The molecule has 0 aliphatic rings. The van der Waals surface area contributed by atoms with Crippen LogP contribution in [0.2, 0.25) is 0 Å². The lowest BCUT2D eigenvalue weighted by atomic mass is 10.2. The Balaban J connectivity index is 1.79. The number of carbonyl (C=O) groups is 1. The molecule has 2 aromatic rings. The van der Waals surface area contributed by atoms with E-state index in [4.69, 9.17) is 9.47 Å². The number of hydrogen-bond donors (Lipinski definition) is 1. The van der Waals surface area contributed by atoms with Crippen molar-refractivity contribution in [2.45, 2.75) is 0 Å². The summed E-state index contributed by atoms with van der Waals surface area (Å²) in [6.45, 7) is 0.419. The van der Waals surface area contributed by atoms with E-state index in [-0.39, 0.29) is 18.7 Å². The van der Waals surface area contributed by atoms with Gasteiger partial charge in [0.2, 0.25) is 0 Å². The molecule has 0 aromatic heterocycles. The van der Waals surface area contributed by atoms with E-state index in [1.165, 1.54) is 0 Å². The van der Waals surface area contributed by atoms with Gasteiger partial charge in [0.1, 0.15) is 29.7 Å². The number of amides is 1. The summed E-state index contributed by atoms with van der Waals surface area (Å²) in [6.07, 6.45) is 0. The molecule has 6 heteroatoms. The Morgan fingerprint density at radius 3 is 2.41 bits per heavy atom. The van der Waals surface area contributed by atoms with Crippen LogP contribution in [0.15, 0.2) is 42.5 Å². The Morgan fingerprint density at radius 1 is 1.09 bits per heavy atom. The summed E-state index contributed by atoms with van der Waals surface area (Å²) in [4.78, 5) is 11.7. The molecule has 1 N–H and O–H groups in total. The van der Waals surface area contributed by atoms with Gasteiger partial charge in [-0.3, -0.25) is 4.79 Å². The molecule has 0 saturated heterocycles. The van der Waals surface area contributed by atoms with Gasteiger partial charge in [0.25, 0.3) is 5.91 Å². The number of halogens is 2. The molecule has 0 heterocycles. The highest BCUT2D eigenvalue weighted by molar-refractivity contribution is 5.94. The Hall–Kier alpha value is -2.63. The SMILES string of the molecule is COc1ccc(OCCNC(=O)c2ccc(F)cc2F)cc1. The van der Waals surface area contributed by atoms with Gasteiger partial charge in [0.15, 0.2) is 0 Å². The Kier molecular flexibility index (Phi) is 5.30. The van der Waals surface area contributed by atoms with E-state index >= 15 is 0 Å². The maximum atomic E-state index is 13.4. The molecule has 0 atom stereocenters. The molecule has 22 heavy (non-hydrogen) atoms. The zero-order valence-electron chi connectivity index (χ0n) is 11.9. The van der Waals surface area contributed by atoms with Crippen LogP contribution in [-0.2, 0) is 0 Å². The van der Waals surface area contributed by atoms with Crippen molar-refractivity contribution in [2.75, 3.05) is 20.3 Å². The summed E-state index contributed by atoms with van der Waals surface area (Å²) in [5.74, 6) is -0.892. The molecule has 0 unspecified atom stereocenters. The zero-order chi connectivity index (χ0) is 15.9. The summed E-state index contributed by atoms with van der Waals surface area (Å²) in [6, 6.07) is 9.78. The largest absolute Gasteiger partial charge is 0.497 e. The third kappa shape index (κ3) is 4.18. The van der Waals surface area contributed by atoms with Crippen molar-refractivity contribution in [1.82, 2.24) is 5.32 Å². The summed E-state index contributed by atoms with van der Waals surface area (Å²) >= 11 is 0. The molecule has 0 aliphatic heterocycles. The second-order valence-corrected chi connectivity index (χ2v) is 4.40. The first-order valence-corrected chi connectivity index (χ1v) is 6.60. The van der Waals surface area contributed by atoms with E-state index in [2.05, 4.69) is 5.32 Å². The van der Waals surface area contributed by atoms with Gasteiger partial charge in [-0.05, 0) is 36.4 Å². The quantitative estimate of drug-likeness (QED) is 0.835. The Labute approximate surface area is 126 Å². The van der Waals surface area contributed by atoms with Crippen molar-refractivity contribution in [1.29, 1.82) is 0 Å². The van der Waals surface area contributed by atoms with Crippen molar-refractivity contribution in [3.8, 4) is 11.5 Å². The van der Waals surface area contributed by atoms with Crippen LogP contribution >= 0.6 is 0 Å². The van der Waals surface area contributed by atoms with Gasteiger partial charge in [0.05, 0.1) is 19.2 Å². The van der Waals surface area contributed by atoms with E-state index in [0.29, 0.717) is 17.6 Å². The third-order valence-electron chi connectivity index (χ3n) is 2.89. The number of nitrogens with one attached hydrogen (secondary N) is 1. The lowest BCUT2D eigenvalue weighted by Gasteiger charge is -2.09. The number of benzene rings is 2. The lowest BCUT2D eigenvalue weighted by molar-refractivity contribution is 0.0943. The number of hydrogen-bond acceptors (Lipinski definition) is 3. The van der Waals surface area contributed by atoms with E-state index in [1.807, 2.05) is 0 Å². The second kappa shape index (κ2) is 7.40. The average Bonchev–Trinajstić information content (AvgIpc) is 2.52. The minimum Gasteiger partial charge on any atom is -0.497 e. The maximum absolute atomic E-state index is 13.4. The molecular formula is C16H15F2NO3. The van der Waals surface area contributed by atoms with Crippen LogP contribution in [0, 0.1) is 11.6 Å². The first kappa shape index (κ1) is 15.8. The molecule has 1 amide bonds. The molecule has 0 radical (unpaired) electrons. The number of methoxy groups -OCH3 is 1. The van der Waals surface area contributed by atoms with E-state index in [9.17, 15) is 13.6 Å². The topological polar surface area (TPSA) is 47.6 Å². The van der Waals surface area contributed by atoms with Crippen LogP contribution in [0.5, 0.6) is 11.5 Å². The van der Waals surface area contributed by atoms with Crippen molar-refractivity contribution in [3.63, 3.8) is 0 Å². The van der Waals surface area contributed by atoms with Crippen LogP contribution in [0.4, 0.5) is 8.78 Å². The smallest absolute Gasteiger partial charge is 0.254 e. The maximum Gasteiger partial charge on any atom is 0.254 e. The molecule has 116 valence electrons. The summed E-state index contributed by atoms with van der Waals surface area (Å²) < 4.78 is 36.6. The van der Waals surface area contributed by atoms with Gasteiger partial charge in [-0.1, -0.05) is 0 Å². The normalized spacial score (nSPS) is 10.1. The fourth-order valence-electron chi connectivity index (χ4n) is 1.77. The van der Waals surface area contributed by atoms with Crippen molar-refractivity contribution < 1.29 is 23.0 Å². The molecule has 0 aliphatic carbocycles. The monoisotopic (exact) mass is 307 g/mol. The number of ether oxygens (including phenoxy) is 2. The first-order chi connectivity index (χ1) is 10.6. The molecule has 0 saturated carbocycles.